The number of likely N-dealkylation sites (tertiary alicyclic amines) is 1. The minimum atomic E-state index is 0.0336. The van der Waals surface area contributed by atoms with E-state index in [-0.39, 0.29) is 11.3 Å². The lowest BCUT2D eigenvalue weighted by atomic mass is 9.47. The highest BCUT2D eigenvalue weighted by Crippen LogP contribution is 2.58. The molecule has 2 unspecified atom stereocenters. The first-order valence-corrected chi connectivity index (χ1v) is 11.0. The Morgan fingerprint density at radius 1 is 1.26 bits per heavy atom. The fourth-order valence-electron chi connectivity index (χ4n) is 6.86. The molecule has 3 aliphatic carbocycles. The van der Waals surface area contributed by atoms with Gasteiger partial charge in [0.05, 0.1) is 7.11 Å². The Morgan fingerprint density at radius 2 is 2.07 bits per heavy atom. The van der Waals surface area contributed by atoms with Crippen LogP contribution in [0.15, 0.2) is 18.2 Å². The third-order valence-electron chi connectivity index (χ3n) is 8.72. The van der Waals surface area contributed by atoms with Crippen molar-refractivity contribution in [3.05, 3.63) is 29.3 Å². The molecule has 5 rings (SSSR count). The van der Waals surface area contributed by atoms with Crippen LogP contribution in [0, 0.1) is 23.7 Å². The summed E-state index contributed by atoms with van der Waals surface area (Å²) in [4.78, 5) is 15.8. The van der Waals surface area contributed by atoms with E-state index in [1.807, 2.05) is 0 Å². The number of hydrogen-bond acceptors (Lipinski definition) is 3. The molecule has 27 heavy (non-hydrogen) atoms. The summed E-state index contributed by atoms with van der Waals surface area (Å²) in [6.45, 7) is 6.96. The molecule has 5 atom stereocenters. The molecule has 1 saturated heterocycles. The molecule has 1 heterocycles. The monoisotopic (exact) mass is 367 g/mol. The van der Waals surface area contributed by atoms with Gasteiger partial charge in [-0.3, -0.25) is 9.69 Å². The maximum atomic E-state index is 13.0. The Morgan fingerprint density at radius 3 is 2.78 bits per heavy atom. The summed E-state index contributed by atoms with van der Waals surface area (Å²) < 4.78 is 5.57. The second kappa shape index (κ2) is 6.34. The van der Waals surface area contributed by atoms with Crippen LogP contribution < -0.4 is 4.74 Å². The quantitative estimate of drug-likeness (QED) is 0.801. The number of carbonyl (C=O) groups excluding carboxylic acids is 1. The Bertz CT molecular complexity index is 755. The van der Waals surface area contributed by atoms with Gasteiger partial charge in [-0.15, -0.1) is 0 Å². The molecule has 1 aromatic rings. The van der Waals surface area contributed by atoms with E-state index < -0.39 is 0 Å². The Hall–Kier alpha value is -1.35. The molecule has 2 saturated carbocycles. The third kappa shape index (κ3) is 2.53. The summed E-state index contributed by atoms with van der Waals surface area (Å²) in [7, 11) is 1.75. The molecule has 3 fully saturated rings. The van der Waals surface area contributed by atoms with Crippen molar-refractivity contribution >= 4 is 5.78 Å². The fourth-order valence-corrected chi connectivity index (χ4v) is 6.86. The largest absolute Gasteiger partial charge is 0.497 e. The first-order chi connectivity index (χ1) is 13.0. The van der Waals surface area contributed by atoms with Crippen molar-refractivity contribution < 1.29 is 9.53 Å². The van der Waals surface area contributed by atoms with Crippen molar-refractivity contribution in [2.24, 2.45) is 23.7 Å². The van der Waals surface area contributed by atoms with Crippen molar-refractivity contribution in [1.29, 1.82) is 0 Å². The molecule has 3 heteroatoms. The van der Waals surface area contributed by atoms with E-state index in [4.69, 9.17) is 4.74 Å². The Labute approximate surface area is 163 Å². The number of methoxy groups -OCH3 is 1. The van der Waals surface area contributed by atoms with Gasteiger partial charge in [-0.05, 0) is 73.2 Å². The highest BCUT2D eigenvalue weighted by atomic mass is 16.5. The lowest BCUT2D eigenvalue weighted by Gasteiger charge is -2.62. The highest BCUT2D eigenvalue weighted by molar-refractivity contribution is 5.84. The lowest BCUT2D eigenvalue weighted by molar-refractivity contribution is -0.138. The van der Waals surface area contributed by atoms with Crippen LogP contribution in [0.4, 0.5) is 0 Å². The zero-order valence-electron chi connectivity index (χ0n) is 17.0. The van der Waals surface area contributed by atoms with Gasteiger partial charge in [0, 0.05) is 30.3 Å². The summed E-state index contributed by atoms with van der Waals surface area (Å²) in [6.07, 6.45) is 7.25. The first kappa shape index (κ1) is 17.7. The number of nitrogens with zero attached hydrogens (tertiary/aromatic N) is 1. The standard InChI is InChI=1S/C24H33NO2/c1-15-16(2)23-21-11-18-7-8-19(27-3)12-20(18)24(23,13-22(15)26)9-10-25(21)14-17-5-4-6-17/h7-8,12,15-17,21,23H,4-6,9-11,13-14H2,1-3H3/t15-,16-,21?,23-,24?/m1/s1. The molecule has 1 aromatic carbocycles. The van der Waals surface area contributed by atoms with Crippen LogP contribution in [-0.4, -0.2) is 36.9 Å². The van der Waals surface area contributed by atoms with Crippen LogP contribution in [-0.2, 0) is 16.6 Å². The number of ether oxygens (including phenoxy) is 1. The minimum absolute atomic E-state index is 0.0336. The van der Waals surface area contributed by atoms with Crippen molar-refractivity contribution in [3.8, 4) is 5.75 Å². The number of benzene rings is 1. The number of rotatable bonds is 3. The summed E-state index contributed by atoms with van der Waals surface area (Å²) in [5.74, 6) is 3.57. The van der Waals surface area contributed by atoms with Crippen molar-refractivity contribution in [2.75, 3.05) is 20.2 Å². The summed E-state index contributed by atoms with van der Waals surface area (Å²) in [6, 6.07) is 7.25. The molecule has 0 aromatic heterocycles. The number of Topliss-reactive ketones (excluding diaryl/α,β-unsaturated/α-hetero) is 1. The maximum Gasteiger partial charge on any atom is 0.136 e. The second-order valence-corrected chi connectivity index (χ2v) is 9.81. The number of piperidine rings is 1. The van der Waals surface area contributed by atoms with Crippen LogP contribution in [0.1, 0.15) is 57.1 Å². The van der Waals surface area contributed by atoms with E-state index in [0.717, 1.165) is 37.5 Å². The number of fused-ring (bicyclic) bond motifs is 1. The molecule has 0 radical (unpaired) electrons. The smallest absolute Gasteiger partial charge is 0.136 e. The van der Waals surface area contributed by atoms with Crippen molar-refractivity contribution in [1.82, 2.24) is 4.90 Å². The fraction of sp³-hybridized carbons (Fsp3) is 0.708. The SMILES string of the molecule is COc1ccc2c(c1)C13CCN(CC4CCC4)C(C2)[C@H]1[C@H](C)[C@@H](C)C(=O)C3. The van der Waals surface area contributed by atoms with Gasteiger partial charge in [-0.25, -0.2) is 0 Å². The lowest BCUT2D eigenvalue weighted by Crippen LogP contribution is -2.65. The minimum Gasteiger partial charge on any atom is -0.497 e. The van der Waals surface area contributed by atoms with Crippen LogP contribution in [0.3, 0.4) is 0 Å². The zero-order valence-corrected chi connectivity index (χ0v) is 17.0. The van der Waals surface area contributed by atoms with Gasteiger partial charge < -0.3 is 4.74 Å². The van der Waals surface area contributed by atoms with Gasteiger partial charge >= 0.3 is 0 Å². The first-order valence-electron chi connectivity index (χ1n) is 11.0. The van der Waals surface area contributed by atoms with Crippen LogP contribution in [0.25, 0.3) is 0 Å². The average molecular weight is 368 g/mol. The predicted molar refractivity (Wildman–Crippen MR) is 107 cm³/mol. The molecule has 4 aliphatic rings. The number of ketones is 1. The van der Waals surface area contributed by atoms with Gasteiger partial charge in [0.2, 0.25) is 0 Å². The molecule has 2 bridgehead atoms. The van der Waals surface area contributed by atoms with Crippen molar-refractivity contribution in [3.63, 3.8) is 0 Å². The van der Waals surface area contributed by atoms with Crippen molar-refractivity contribution in [2.45, 2.75) is 63.8 Å². The number of hydrogen-bond donors (Lipinski definition) is 0. The second-order valence-electron chi connectivity index (χ2n) is 9.81. The molecule has 0 N–H and O–H groups in total. The normalized spacial score (nSPS) is 38.7. The van der Waals surface area contributed by atoms with Gasteiger partial charge in [-0.1, -0.05) is 26.3 Å². The van der Waals surface area contributed by atoms with Gasteiger partial charge in [-0.2, -0.15) is 0 Å². The molecule has 1 aliphatic heterocycles. The molecule has 0 amide bonds. The van der Waals surface area contributed by atoms with Crippen LogP contribution in [0.5, 0.6) is 5.75 Å². The van der Waals surface area contributed by atoms with Crippen LogP contribution in [0.2, 0.25) is 0 Å². The van der Waals surface area contributed by atoms with E-state index in [2.05, 4.69) is 36.9 Å². The van der Waals surface area contributed by atoms with Gasteiger partial charge in [0.15, 0.2) is 0 Å². The Kier molecular flexibility index (Phi) is 4.16. The third-order valence-corrected chi connectivity index (χ3v) is 8.72. The highest BCUT2D eigenvalue weighted by Gasteiger charge is 2.59. The van der Waals surface area contributed by atoms with E-state index in [1.54, 1.807) is 7.11 Å². The van der Waals surface area contributed by atoms with E-state index >= 15 is 0 Å². The molecule has 0 spiro atoms. The van der Waals surface area contributed by atoms with Gasteiger partial charge in [0.1, 0.15) is 11.5 Å². The topological polar surface area (TPSA) is 29.5 Å². The Balaban J connectivity index is 1.60. The average Bonchev–Trinajstić information content (AvgIpc) is 2.63. The summed E-state index contributed by atoms with van der Waals surface area (Å²) >= 11 is 0. The van der Waals surface area contributed by atoms with Gasteiger partial charge in [0.25, 0.3) is 0 Å². The molecular weight excluding hydrogens is 334 g/mol. The summed E-state index contributed by atoms with van der Waals surface area (Å²) in [5, 5.41) is 0. The number of carbonyl (C=O) groups is 1. The van der Waals surface area contributed by atoms with E-state index in [1.165, 1.54) is 36.9 Å². The molecular formula is C24H33NO2. The van der Waals surface area contributed by atoms with E-state index in [9.17, 15) is 4.79 Å². The van der Waals surface area contributed by atoms with E-state index in [0.29, 0.717) is 23.7 Å². The predicted octanol–water partition coefficient (Wildman–Crippen LogP) is 4.22. The molecule has 3 nitrogen and oxygen atoms in total. The summed E-state index contributed by atoms with van der Waals surface area (Å²) in [5.41, 5.74) is 2.93. The zero-order chi connectivity index (χ0) is 18.8. The molecule has 146 valence electrons. The van der Waals surface area contributed by atoms with Crippen LogP contribution >= 0.6 is 0 Å². The maximum absolute atomic E-state index is 13.0.